The number of ether oxygens (including phenoxy) is 1. The SMILES string of the molecule is Cc1nnc(-c2ccc(C(=O)N3C[C@@H](C)Oc4ccccc43)cc2)o1. The monoisotopic (exact) mass is 335 g/mol. The van der Waals surface area contributed by atoms with Gasteiger partial charge < -0.3 is 14.1 Å². The van der Waals surface area contributed by atoms with Crippen LogP contribution in [0.25, 0.3) is 11.5 Å². The van der Waals surface area contributed by atoms with Gasteiger partial charge in [-0.05, 0) is 43.3 Å². The summed E-state index contributed by atoms with van der Waals surface area (Å²) in [6.45, 7) is 4.21. The van der Waals surface area contributed by atoms with E-state index >= 15 is 0 Å². The lowest BCUT2D eigenvalue weighted by molar-refractivity contribution is 0.0961. The number of hydrogen-bond acceptors (Lipinski definition) is 5. The van der Waals surface area contributed by atoms with Crippen LogP contribution >= 0.6 is 0 Å². The molecule has 0 radical (unpaired) electrons. The number of fused-ring (bicyclic) bond motifs is 1. The van der Waals surface area contributed by atoms with Gasteiger partial charge in [-0.15, -0.1) is 10.2 Å². The van der Waals surface area contributed by atoms with Crippen molar-refractivity contribution in [3.8, 4) is 17.2 Å². The molecule has 126 valence electrons. The van der Waals surface area contributed by atoms with Gasteiger partial charge in [-0.2, -0.15) is 0 Å². The quantitative estimate of drug-likeness (QED) is 0.717. The van der Waals surface area contributed by atoms with Crippen LogP contribution in [0.5, 0.6) is 5.75 Å². The molecule has 1 aromatic heterocycles. The Labute approximate surface area is 145 Å². The van der Waals surface area contributed by atoms with Crippen molar-refractivity contribution < 1.29 is 13.9 Å². The summed E-state index contributed by atoms with van der Waals surface area (Å²) >= 11 is 0. The highest BCUT2D eigenvalue weighted by molar-refractivity contribution is 6.07. The van der Waals surface area contributed by atoms with Crippen molar-refractivity contribution in [3.05, 3.63) is 60.0 Å². The maximum atomic E-state index is 13.0. The molecule has 0 bridgehead atoms. The molecule has 2 heterocycles. The predicted octanol–water partition coefficient (Wildman–Crippen LogP) is 3.47. The van der Waals surface area contributed by atoms with Crippen LogP contribution in [-0.4, -0.2) is 28.8 Å². The van der Waals surface area contributed by atoms with Gasteiger partial charge in [0.15, 0.2) is 0 Å². The van der Waals surface area contributed by atoms with Gasteiger partial charge in [0.05, 0.1) is 12.2 Å². The molecule has 0 fully saturated rings. The highest BCUT2D eigenvalue weighted by atomic mass is 16.5. The number of nitrogens with zero attached hydrogens (tertiary/aromatic N) is 3. The second-order valence-electron chi connectivity index (χ2n) is 6.02. The minimum atomic E-state index is -0.0594. The average molecular weight is 335 g/mol. The molecule has 1 aliphatic rings. The van der Waals surface area contributed by atoms with Crippen molar-refractivity contribution >= 4 is 11.6 Å². The third kappa shape index (κ3) is 2.87. The Hall–Kier alpha value is -3.15. The molecule has 1 amide bonds. The van der Waals surface area contributed by atoms with Crippen molar-refractivity contribution in [1.82, 2.24) is 10.2 Å². The lowest BCUT2D eigenvalue weighted by atomic mass is 10.1. The number of carbonyl (C=O) groups excluding carboxylic acids is 1. The van der Waals surface area contributed by atoms with Crippen LogP contribution in [0.1, 0.15) is 23.2 Å². The van der Waals surface area contributed by atoms with E-state index in [0.29, 0.717) is 23.9 Å². The van der Waals surface area contributed by atoms with Crippen LogP contribution in [0.3, 0.4) is 0 Å². The van der Waals surface area contributed by atoms with E-state index in [9.17, 15) is 4.79 Å². The van der Waals surface area contributed by atoms with Gasteiger partial charge in [0.2, 0.25) is 11.8 Å². The minimum Gasteiger partial charge on any atom is -0.487 e. The second kappa shape index (κ2) is 6.05. The fourth-order valence-electron chi connectivity index (χ4n) is 2.91. The van der Waals surface area contributed by atoms with Crippen LogP contribution in [0.2, 0.25) is 0 Å². The fourth-order valence-corrected chi connectivity index (χ4v) is 2.91. The average Bonchev–Trinajstić information content (AvgIpc) is 3.07. The van der Waals surface area contributed by atoms with E-state index in [0.717, 1.165) is 17.0 Å². The maximum Gasteiger partial charge on any atom is 0.258 e. The molecular formula is C19H17N3O3. The van der Waals surface area contributed by atoms with Crippen molar-refractivity contribution in [2.45, 2.75) is 20.0 Å². The van der Waals surface area contributed by atoms with Crippen molar-refractivity contribution in [2.24, 2.45) is 0 Å². The molecular weight excluding hydrogens is 318 g/mol. The molecule has 1 atom stereocenters. The zero-order chi connectivity index (χ0) is 17.4. The topological polar surface area (TPSA) is 68.5 Å². The van der Waals surface area contributed by atoms with Gasteiger partial charge in [-0.1, -0.05) is 12.1 Å². The number of aromatic nitrogens is 2. The molecule has 0 unspecified atom stereocenters. The van der Waals surface area contributed by atoms with Gasteiger partial charge in [0.1, 0.15) is 11.9 Å². The van der Waals surface area contributed by atoms with E-state index in [2.05, 4.69) is 10.2 Å². The number of para-hydroxylation sites is 2. The highest BCUT2D eigenvalue weighted by Crippen LogP contribution is 2.34. The van der Waals surface area contributed by atoms with Crippen molar-refractivity contribution in [3.63, 3.8) is 0 Å². The summed E-state index contributed by atoms with van der Waals surface area (Å²) in [6, 6.07) is 14.8. The van der Waals surface area contributed by atoms with Gasteiger partial charge in [-0.3, -0.25) is 4.79 Å². The van der Waals surface area contributed by atoms with Gasteiger partial charge >= 0.3 is 0 Å². The standard InChI is InChI=1S/C19H17N3O3/c1-12-11-22(16-5-3-4-6-17(16)24-12)19(23)15-9-7-14(8-10-15)18-21-20-13(2)25-18/h3-10,12H,11H2,1-2H3/t12-/m1/s1. The number of hydrogen-bond donors (Lipinski definition) is 0. The molecule has 6 heteroatoms. The minimum absolute atomic E-state index is 0.0560. The van der Waals surface area contributed by atoms with Crippen LogP contribution in [-0.2, 0) is 0 Å². The first-order chi connectivity index (χ1) is 12.1. The number of anilines is 1. The Morgan fingerprint density at radius 2 is 1.88 bits per heavy atom. The highest BCUT2D eigenvalue weighted by Gasteiger charge is 2.28. The molecule has 1 aliphatic heterocycles. The third-order valence-corrected chi connectivity index (χ3v) is 4.07. The summed E-state index contributed by atoms with van der Waals surface area (Å²) in [4.78, 5) is 14.7. The summed E-state index contributed by atoms with van der Waals surface area (Å²) in [5.74, 6) is 1.62. The number of carbonyl (C=O) groups is 1. The first kappa shape index (κ1) is 15.4. The zero-order valence-corrected chi connectivity index (χ0v) is 14.0. The molecule has 0 aliphatic carbocycles. The molecule has 0 spiro atoms. The molecule has 2 aromatic carbocycles. The van der Waals surface area contributed by atoms with Gasteiger partial charge in [-0.25, -0.2) is 0 Å². The number of amides is 1. The van der Waals surface area contributed by atoms with Crippen molar-refractivity contribution in [2.75, 3.05) is 11.4 Å². The van der Waals surface area contributed by atoms with E-state index in [1.165, 1.54) is 0 Å². The summed E-state index contributed by atoms with van der Waals surface area (Å²) in [5, 5.41) is 7.81. The van der Waals surface area contributed by atoms with Crippen molar-refractivity contribution in [1.29, 1.82) is 0 Å². The lowest BCUT2D eigenvalue weighted by Crippen LogP contribution is -2.42. The summed E-state index contributed by atoms with van der Waals surface area (Å²) < 4.78 is 11.2. The van der Waals surface area contributed by atoms with Crippen LogP contribution < -0.4 is 9.64 Å². The third-order valence-electron chi connectivity index (χ3n) is 4.07. The lowest BCUT2D eigenvalue weighted by Gasteiger charge is -2.33. The Bertz CT molecular complexity index is 918. The fraction of sp³-hybridized carbons (Fsp3) is 0.211. The molecule has 0 saturated heterocycles. The first-order valence-electron chi connectivity index (χ1n) is 8.10. The number of rotatable bonds is 2. The summed E-state index contributed by atoms with van der Waals surface area (Å²) in [5.41, 5.74) is 2.18. The van der Waals surface area contributed by atoms with E-state index in [4.69, 9.17) is 9.15 Å². The van der Waals surface area contributed by atoms with Crippen LogP contribution in [0, 0.1) is 6.92 Å². The number of aryl methyl sites for hydroxylation is 1. The smallest absolute Gasteiger partial charge is 0.258 e. The first-order valence-corrected chi connectivity index (χ1v) is 8.10. The predicted molar refractivity (Wildman–Crippen MR) is 92.7 cm³/mol. The summed E-state index contributed by atoms with van der Waals surface area (Å²) in [7, 11) is 0. The van der Waals surface area contributed by atoms with E-state index in [-0.39, 0.29) is 12.0 Å². The van der Waals surface area contributed by atoms with Crippen LogP contribution in [0.15, 0.2) is 52.9 Å². The molecule has 0 N–H and O–H groups in total. The van der Waals surface area contributed by atoms with Crippen LogP contribution in [0.4, 0.5) is 5.69 Å². The van der Waals surface area contributed by atoms with Gasteiger partial charge in [0.25, 0.3) is 5.91 Å². The molecule has 3 aromatic rings. The maximum absolute atomic E-state index is 13.0. The Morgan fingerprint density at radius 1 is 1.12 bits per heavy atom. The molecule has 0 saturated carbocycles. The van der Waals surface area contributed by atoms with Gasteiger partial charge in [0, 0.05) is 18.1 Å². The van der Waals surface area contributed by atoms with E-state index < -0.39 is 0 Å². The molecule has 4 rings (SSSR count). The normalized spacial score (nSPS) is 16.2. The Kier molecular flexibility index (Phi) is 3.72. The van der Waals surface area contributed by atoms with E-state index in [1.807, 2.05) is 43.3 Å². The summed E-state index contributed by atoms with van der Waals surface area (Å²) in [6.07, 6.45) is -0.0560. The van der Waals surface area contributed by atoms with E-state index in [1.54, 1.807) is 24.0 Å². The Morgan fingerprint density at radius 3 is 2.60 bits per heavy atom. The largest absolute Gasteiger partial charge is 0.487 e. The second-order valence-corrected chi connectivity index (χ2v) is 6.02. The number of benzene rings is 2. The molecule has 6 nitrogen and oxygen atoms in total. The Balaban J connectivity index is 1.63. The zero-order valence-electron chi connectivity index (χ0n) is 14.0. The molecule has 25 heavy (non-hydrogen) atoms.